The Hall–Kier alpha value is -3.22. The van der Waals surface area contributed by atoms with Crippen LogP contribution in [0.1, 0.15) is 26.3 Å². The van der Waals surface area contributed by atoms with Gasteiger partial charge in [-0.25, -0.2) is 4.98 Å². The molecule has 1 heterocycles. The molecule has 0 aliphatic carbocycles. The number of hydrogen-bond acceptors (Lipinski definition) is 4. The first-order valence-electron chi connectivity index (χ1n) is 8.27. The van der Waals surface area contributed by atoms with E-state index in [4.69, 9.17) is 0 Å². The number of hydrogen-bond donors (Lipinski definition) is 1. The van der Waals surface area contributed by atoms with Gasteiger partial charge in [-0.3, -0.25) is 20.2 Å². The average molecular weight is 352 g/mol. The molecule has 26 heavy (non-hydrogen) atoms. The summed E-state index contributed by atoms with van der Waals surface area (Å²) >= 11 is 0. The van der Waals surface area contributed by atoms with E-state index >= 15 is 0 Å². The normalized spacial score (nSPS) is 11.5. The highest BCUT2D eigenvalue weighted by molar-refractivity contribution is 5.93. The van der Waals surface area contributed by atoms with Crippen LogP contribution in [-0.2, 0) is 16.8 Å². The van der Waals surface area contributed by atoms with Gasteiger partial charge in [0.2, 0.25) is 11.9 Å². The lowest BCUT2D eigenvalue weighted by molar-refractivity contribution is -0.385. The molecule has 7 heteroatoms. The Morgan fingerprint density at radius 3 is 2.50 bits per heavy atom. The number of carbonyl (C=O) groups is 1. The molecule has 1 N–H and O–H groups in total. The molecule has 7 nitrogen and oxygen atoms in total. The zero-order chi connectivity index (χ0) is 18.9. The maximum absolute atomic E-state index is 12.5. The number of nitrogens with one attached hydrogen (secondary N) is 1. The van der Waals surface area contributed by atoms with Gasteiger partial charge >= 0.3 is 0 Å². The van der Waals surface area contributed by atoms with Crippen molar-refractivity contribution in [1.29, 1.82) is 0 Å². The van der Waals surface area contributed by atoms with Gasteiger partial charge in [0.05, 0.1) is 22.4 Å². The van der Waals surface area contributed by atoms with Crippen molar-refractivity contribution in [1.82, 2.24) is 9.55 Å². The molecule has 0 fully saturated rings. The molecule has 0 spiro atoms. The summed E-state index contributed by atoms with van der Waals surface area (Å²) in [5.74, 6) is 0.0855. The molecule has 0 saturated carbocycles. The third-order valence-corrected chi connectivity index (χ3v) is 4.02. The third kappa shape index (κ3) is 3.42. The lowest BCUT2D eigenvalue weighted by Crippen LogP contribution is -2.26. The second-order valence-electron chi connectivity index (χ2n) is 7.04. The van der Waals surface area contributed by atoms with Crippen LogP contribution in [0.2, 0.25) is 0 Å². The summed E-state index contributed by atoms with van der Waals surface area (Å²) in [6.07, 6.45) is -0.0928. The maximum Gasteiger partial charge on any atom is 0.273 e. The minimum Gasteiger partial charge on any atom is -0.305 e. The van der Waals surface area contributed by atoms with Gasteiger partial charge < -0.3 is 4.57 Å². The van der Waals surface area contributed by atoms with Crippen molar-refractivity contribution >= 4 is 28.6 Å². The monoisotopic (exact) mass is 352 g/mol. The van der Waals surface area contributed by atoms with Gasteiger partial charge in [0.15, 0.2) is 0 Å². The Morgan fingerprint density at radius 1 is 1.15 bits per heavy atom. The molecule has 0 aliphatic heterocycles. The van der Waals surface area contributed by atoms with E-state index in [0.29, 0.717) is 11.5 Å². The Morgan fingerprint density at radius 2 is 1.81 bits per heavy atom. The molecule has 0 bridgehead atoms. The third-order valence-electron chi connectivity index (χ3n) is 4.02. The number of nitro groups is 1. The number of nitro benzene ring substituents is 1. The van der Waals surface area contributed by atoms with Gasteiger partial charge in [-0.1, -0.05) is 30.3 Å². The first-order valence-corrected chi connectivity index (χ1v) is 8.27. The van der Waals surface area contributed by atoms with E-state index in [9.17, 15) is 14.9 Å². The van der Waals surface area contributed by atoms with Crippen molar-refractivity contribution in [3.05, 3.63) is 64.2 Å². The lowest BCUT2D eigenvalue weighted by atomic mass is 10.1. The quantitative estimate of drug-likeness (QED) is 0.570. The van der Waals surface area contributed by atoms with Crippen molar-refractivity contribution in [3.8, 4) is 0 Å². The molecule has 0 aliphatic rings. The first kappa shape index (κ1) is 17.6. The van der Waals surface area contributed by atoms with Crippen LogP contribution in [0.25, 0.3) is 11.0 Å². The summed E-state index contributed by atoms with van der Waals surface area (Å²) in [7, 11) is 0. The standard InChI is InChI=1S/C19H20N4O3/c1-19(2,3)22-16-11-7-5-9-14(16)20-18(22)21-17(24)12-13-8-4-6-10-15(13)23(25)26/h4-11H,12H2,1-3H3,(H,20,21,24). The molecular weight excluding hydrogens is 332 g/mol. The largest absolute Gasteiger partial charge is 0.305 e. The average Bonchev–Trinajstić information content (AvgIpc) is 2.92. The fourth-order valence-electron chi connectivity index (χ4n) is 2.97. The van der Waals surface area contributed by atoms with Gasteiger partial charge in [0, 0.05) is 17.2 Å². The van der Waals surface area contributed by atoms with E-state index < -0.39 is 4.92 Å². The van der Waals surface area contributed by atoms with Gasteiger partial charge in [0.25, 0.3) is 5.69 Å². The smallest absolute Gasteiger partial charge is 0.273 e. The Labute approximate surface area is 150 Å². The minimum atomic E-state index is -0.479. The molecule has 0 radical (unpaired) electrons. The predicted octanol–water partition coefficient (Wildman–Crippen LogP) is 3.88. The lowest BCUT2D eigenvalue weighted by Gasteiger charge is -2.24. The Kier molecular flexibility index (Phi) is 4.46. The molecule has 1 amide bonds. The second kappa shape index (κ2) is 6.59. The zero-order valence-electron chi connectivity index (χ0n) is 14.9. The van der Waals surface area contributed by atoms with Crippen molar-refractivity contribution in [2.75, 3.05) is 5.32 Å². The molecule has 3 aromatic rings. The second-order valence-corrected chi connectivity index (χ2v) is 7.04. The van der Waals surface area contributed by atoms with Crippen molar-refractivity contribution in [2.24, 2.45) is 0 Å². The van der Waals surface area contributed by atoms with Crippen LogP contribution in [-0.4, -0.2) is 20.4 Å². The molecule has 2 aromatic carbocycles. The highest BCUT2D eigenvalue weighted by Crippen LogP contribution is 2.28. The van der Waals surface area contributed by atoms with Crippen molar-refractivity contribution in [3.63, 3.8) is 0 Å². The zero-order valence-corrected chi connectivity index (χ0v) is 14.9. The highest BCUT2D eigenvalue weighted by atomic mass is 16.6. The summed E-state index contributed by atoms with van der Waals surface area (Å²) in [5.41, 5.74) is 1.71. The number of benzene rings is 2. The minimum absolute atomic E-state index is 0.0630. The van der Waals surface area contributed by atoms with Crippen LogP contribution in [0.5, 0.6) is 0 Å². The van der Waals surface area contributed by atoms with E-state index in [0.717, 1.165) is 11.0 Å². The van der Waals surface area contributed by atoms with Crippen LogP contribution in [0, 0.1) is 10.1 Å². The SMILES string of the molecule is CC(C)(C)n1c(NC(=O)Cc2ccccc2[N+](=O)[O-])nc2ccccc21. The fraction of sp³-hybridized carbons (Fsp3) is 0.263. The molecule has 0 atom stereocenters. The van der Waals surface area contributed by atoms with Crippen molar-refractivity contribution in [2.45, 2.75) is 32.7 Å². The van der Waals surface area contributed by atoms with E-state index in [2.05, 4.69) is 10.3 Å². The van der Waals surface area contributed by atoms with Crippen LogP contribution in [0.3, 0.4) is 0 Å². The molecule has 0 saturated heterocycles. The van der Waals surface area contributed by atoms with Gasteiger partial charge in [-0.05, 0) is 32.9 Å². The van der Waals surface area contributed by atoms with Crippen LogP contribution < -0.4 is 5.32 Å². The first-order chi connectivity index (χ1) is 12.3. The van der Waals surface area contributed by atoms with Crippen LogP contribution in [0.15, 0.2) is 48.5 Å². The summed E-state index contributed by atoms with van der Waals surface area (Å²) < 4.78 is 1.96. The molecular formula is C19H20N4O3. The van der Waals surface area contributed by atoms with E-state index in [-0.39, 0.29) is 23.6 Å². The number of imidazole rings is 1. The molecule has 3 rings (SSSR count). The van der Waals surface area contributed by atoms with E-state index in [1.54, 1.807) is 18.2 Å². The van der Waals surface area contributed by atoms with Gasteiger partial charge in [-0.15, -0.1) is 0 Å². The fourth-order valence-corrected chi connectivity index (χ4v) is 2.97. The number of rotatable bonds is 4. The Bertz CT molecular complexity index is 986. The molecule has 0 unspecified atom stereocenters. The van der Waals surface area contributed by atoms with E-state index in [1.807, 2.05) is 49.6 Å². The number of carbonyl (C=O) groups excluding carboxylic acids is 1. The van der Waals surface area contributed by atoms with Crippen molar-refractivity contribution < 1.29 is 9.72 Å². The predicted molar refractivity (Wildman–Crippen MR) is 100 cm³/mol. The number of anilines is 1. The summed E-state index contributed by atoms with van der Waals surface area (Å²) in [6.45, 7) is 6.08. The summed E-state index contributed by atoms with van der Waals surface area (Å²) in [5, 5.41) is 13.9. The van der Waals surface area contributed by atoms with Gasteiger partial charge in [0.1, 0.15) is 0 Å². The Balaban J connectivity index is 1.92. The molecule has 1 aromatic heterocycles. The van der Waals surface area contributed by atoms with E-state index in [1.165, 1.54) is 6.07 Å². The number of nitrogens with zero attached hydrogens (tertiary/aromatic N) is 3. The highest BCUT2D eigenvalue weighted by Gasteiger charge is 2.23. The number of para-hydroxylation sites is 3. The van der Waals surface area contributed by atoms with Crippen LogP contribution >= 0.6 is 0 Å². The summed E-state index contributed by atoms with van der Waals surface area (Å²) in [6, 6.07) is 13.9. The summed E-state index contributed by atoms with van der Waals surface area (Å²) in [4.78, 5) is 27.7. The number of aromatic nitrogens is 2. The molecule has 134 valence electrons. The number of fused-ring (bicyclic) bond motifs is 1. The maximum atomic E-state index is 12.5. The van der Waals surface area contributed by atoms with Crippen LogP contribution in [0.4, 0.5) is 11.6 Å². The topological polar surface area (TPSA) is 90.1 Å². The van der Waals surface area contributed by atoms with Gasteiger partial charge in [-0.2, -0.15) is 0 Å². The number of amides is 1.